The van der Waals surface area contributed by atoms with Crippen molar-refractivity contribution in [1.82, 2.24) is 0 Å². The van der Waals surface area contributed by atoms with E-state index in [1.807, 2.05) is 0 Å². The fourth-order valence-electron chi connectivity index (χ4n) is 1.30. The molecule has 0 aliphatic carbocycles. The van der Waals surface area contributed by atoms with Gasteiger partial charge in [-0.05, 0) is 18.2 Å². The molecule has 0 aliphatic rings. The van der Waals surface area contributed by atoms with E-state index < -0.39 is 50.3 Å². The molecule has 0 radical (unpaired) electrons. The van der Waals surface area contributed by atoms with Crippen LogP contribution in [0, 0.1) is 5.82 Å². The molecule has 1 aromatic carbocycles. The maximum Gasteiger partial charge on any atom is 0.501 e. The van der Waals surface area contributed by atoms with E-state index in [0.717, 1.165) is 6.07 Å². The van der Waals surface area contributed by atoms with Gasteiger partial charge in [-0.15, -0.1) is 0 Å². The second-order valence-electron chi connectivity index (χ2n) is 3.89. The van der Waals surface area contributed by atoms with Gasteiger partial charge in [0.1, 0.15) is 16.8 Å². The van der Waals surface area contributed by atoms with E-state index in [4.69, 9.17) is 10.8 Å². The number of carbonyl (C=O) groups is 1. The van der Waals surface area contributed by atoms with E-state index in [1.54, 1.807) is 0 Å². The van der Waals surface area contributed by atoms with Gasteiger partial charge in [0, 0.05) is 6.54 Å². The zero-order valence-electron chi connectivity index (χ0n) is 10.2. The van der Waals surface area contributed by atoms with Crippen LogP contribution >= 0.6 is 0 Å². The summed E-state index contributed by atoms with van der Waals surface area (Å²) < 4.78 is 73.1. The first-order valence-corrected chi connectivity index (χ1v) is 6.77. The number of aliphatic hydroxyl groups excluding tert-OH is 1. The van der Waals surface area contributed by atoms with Crippen molar-refractivity contribution >= 4 is 21.4 Å². The number of halogens is 4. The van der Waals surface area contributed by atoms with Gasteiger partial charge >= 0.3 is 5.51 Å². The molecule has 6 nitrogen and oxygen atoms in total. The summed E-state index contributed by atoms with van der Waals surface area (Å²) in [5, 5.41) is 11.2. The summed E-state index contributed by atoms with van der Waals surface area (Å²) in [7, 11) is -5.80. The van der Waals surface area contributed by atoms with Crippen LogP contribution in [0.4, 0.5) is 23.2 Å². The minimum atomic E-state index is -5.80. The van der Waals surface area contributed by atoms with E-state index >= 15 is 0 Å². The van der Waals surface area contributed by atoms with Gasteiger partial charge in [0.25, 0.3) is 9.84 Å². The molecule has 0 aliphatic heterocycles. The Kier molecular flexibility index (Phi) is 4.79. The zero-order chi connectivity index (χ0) is 16.4. The van der Waals surface area contributed by atoms with E-state index in [2.05, 4.69) is 5.32 Å². The topological polar surface area (TPSA) is 109 Å². The third-order valence-electron chi connectivity index (χ3n) is 2.35. The summed E-state index contributed by atoms with van der Waals surface area (Å²) in [5.74, 6) is -2.36. The number of carbonyl (C=O) groups excluding carboxylic acids is 1. The second kappa shape index (κ2) is 5.85. The van der Waals surface area contributed by atoms with Crippen LogP contribution in [0.1, 0.15) is 0 Å². The SMILES string of the molecule is NC(=O)C(O)CNc1ccc(F)cc1S(=O)(=O)C(F)(F)F. The number of hydrogen-bond donors (Lipinski definition) is 3. The van der Waals surface area contributed by atoms with Crippen LogP contribution in [0.5, 0.6) is 0 Å². The molecule has 1 atom stereocenters. The molecule has 0 heterocycles. The van der Waals surface area contributed by atoms with Crippen LogP contribution in [-0.2, 0) is 14.6 Å². The summed E-state index contributed by atoms with van der Waals surface area (Å²) in [5.41, 5.74) is -1.51. The number of nitrogens with one attached hydrogen (secondary N) is 1. The molecule has 0 spiro atoms. The van der Waals surface area contributed by atoms with E-state index in [1.165, 1.54) is 0 Å². The molecule has 21 heavy (non-hydrogen) atoms. The number of aliphatic hydroxyl groups is 1. The highest BCUT2D eigenvalue weighted by molar-refractivity contribution is 7.92. The molecule has 4 N–H and O–H groups in total. The van der Waals surface area contributed by atoms with Crippen LogP contribution < -0.4 is 11.1 Å². The van der Waals surface area contributed by atoms with Gasteiger partial charge < -0.3 is 16.2 Å². The standard InChI is InChI=1S/C10H10F4N2O4S/c11-5-1-2-6(16-4-7(17)9(15)18)8(3-5)21(19,20)10(12,13)14/h1-3,7,16-17H,4H2,(H2,15,18). The highest BCUT2D eigenvalue weighted by atomic mass is 32.2. The Bertz CT molecular complexity index is 645. The van der Waals surface area contributed by atoms with Crippen molar-refractivity contribution in [1.29, 1.82) is 0 Å². The number of hydrogen-bond acceptors (Lipinski definition) is 5. The minimum absolute atomic E-state index is 0.182. The van der Waals surface area contributed by atoms with Gasteiger partial charge in [0.2, 0.25) is 5.91 Å². The molecular weight excluding hydrogens is 320 g/mol. The first kappa shape index (κ1) is 17.2. The molecule has 1 aromatic rings. The Labute approximate surface area is 116 Å². The van der Waals surface area contributed by atoms with Crippen LogP contribution in [0.25, 0.3) is 0 Å². The van der Waals surface area contributed by atoms with E-state index in [9.17, 15) is 30.8 Å². The Morgan fingerprint density at radius 3 is 2.43 bits per heavy atom. The average Bonchev–Trinajstić information content (AvgIpc) is 2.35. The van der Waals surface area contributed by atoms with E-state index in [-0.39, 0.29) is 6.07 Å². The number of rotatable bonds is 5. The van der Waals surface area contributed by atoms with Crippen LogP contribution in [0.15, 0.2) is 23.1 Å². The third kappa shape index (κ3) is 3.82. The number of sulfone groups is 1. The van der Waals surface area contributed by atoms with Crippen LogP contribution in [0.3, 0.4) is 0 Å². The smallest absolute Gasteiger partial charge is 0.381 e. The third-order valence-corrected chi connectivity index (χ3v) is 3.88. The highest BCUT2D eigenvalue weighted by Gasteiger charge is 2.48. The molecule has 0 fully saturated rings. The molecular formula is C10H10F4N2O4S. The van der Waals surface area contributed by atoms with Gasteiger partial charge in [-0.25, -0.2) is 12.8 Å². The van der Waals surface area contributed by atoms with Gasteiger partial charge in [-0.1, -0.05) is 0 Å². The van der Waals surface area contributed by atoms with Crippen molar-refractivity contribution < 1.29 is 35.9 Å². The van der Waals surface area contributed by atoms with Crippen LogP contribution in [0.2, 0.25) is 0 Å². The van der Waals surface area contributed by atoms with Gasteiger partial charge in [0.05, 0.1) is 5.69 Å². The molecule has 11 heteroatoms. The number of primary amides is 1. The fourth-order valence-corrected chi connectivity index (χ4v) is 2.24. The lowest BCUT2D eigenvalue weighted by molar-refractivity contribution is -0.125. The normalized spacial score (nSPS) is 13.8. The van der Waals surface area contributed by atoms with Crippen molar-refractivity contribution in [2.24, 2.45) is 5.73 Å². The molecule has 0 aromatic heterocycles. The molecule has 1 rings (SSSR count). The first-order chi connectivity index (χ1) is 9.46. The number of benzene rings is 1. The van der Waals surface area contributed by atoms with Crippen molar-refractivity contribution in [3.8, 4) is 0 Å². The predicted molar refractivity (Wildman–Crippen MR) is 63.3 cm³/mol. The predicted octanol–water partition coefficient (Wildman–Crippen LogP) is 0.377. The summed E-state index contributed by atoms with van der Waals surface area (Å²) in [6, 6.07) is 1.64. The molecule has 118 valence electrons. The van der Waals surface area contributed by atoms with Gasteiger partial charge in [-0.2, -0.15) is 13.2 Å². The number of alkyl halides is 3. The number of nitrogens with two attached hydrogens (primary N) is 1. The summed E-state index contributed by atoms with van der Waals surface area (Å²) >= 11 is 0. The summed E-state index contributed by atoms with van der Waals surface area (Å²) in [4.78, 5) is 9.23. The number of anilines is 1. The molecule has 0 bridgehead atoms. The average molecular weight is 330 g/mol. The molecule has 0 saturated heterocycles. The Balaban J connectivity index is 3.21. The molecule has 1 unspecified atom stereocenters. The molecule has 0 saturated carbocycles. The molecule has 1 amide bonds. The van der Waals surface area contributed by atoms with Gasteiger partial charge in [0.15, 0.2) is 0 Å². The Morgan fingerprint density at radius 1 is 1.38 bits per heavy atom. The summed E-state index contributed by atoms with van der Waals surface area (Å²) in [6.07, 6.45) is -1.75. The Morgan fingerprint density at radius 2 is 1.95 bits per heavy atom. The van der Waals surface area contributed by atoms with Crippen molar-refractivity contribution in [2.75, 3.05) is 11.9 Å². The largest absolute Gasteiger partial charge is 0.501 e. The Hall–Kier alpha value is -1.88. The van der Waals surface area contributed by atoms with Crippen molar-refractivity contribution in [3.05, 3.63) is 24.0 Å². The minimum Gasteiger partial charge on any atom is -0.381 e. The highest BCUT2D eigenvalue weighted by Crippen LogP contribution is 2.34. The second-order valence-corrected chi connectivity index (χ2v) is 5.80. The van der Waals surface area contributed by atoms with Crippen LogP contribution in [-0.4, -0.2) is 37.6 Å². The quantitative estimate of drug-likeness (QED) is 0.676. The van der Waals surface area contributed by atoms with Gasteiger partial charge in [-0.3, -0.25) is 4.79 Å². The lowest BCUT2D eigenvalue weighted by Crippen LogP contribution is -2.34. The fraction of sp³-hybridized carbons (Fsp3) is 0.300. The zero-order valence-corrected chi connectivity index (χ0v) is 11.0. The lowest BCUT2D eigenvalue weighted by Gasteiger charge is -2.15. The maximum atomic E-state index is 13.0. The maximum absolute atomic E-state index is 13.0. The van der Waals surface area contributed by atoms with Crippen molar-refractivity contribution in [2.45, 2.75) is 16.5 Å². The van der Waals surface area contributed by atoms with E-state index in [0.29, 0.717) is 6.07 Å². The number of amides is 1. The summed E-state index contributed by atoms with van der Waals surface area (Å²) in [6.45, 7) is -0.638. The van der Waals surface area contributed by atoms with Crippen molar-refractivity contribution in [3.63, 3.8) is 0 Å². The monoisotopic (exact) mass is 330 g/mol. The first-order valence-electron chi connectivity index (χ1n) is 5.29. The lowest BCUT2D eigenvalue weighted by atomic mass is 10.3.